The van der Waals surface area contributed by atoms with Gasteiger partial charge in [-0.3, -0.25) is 4.79 Å². The zero-order chi connectivity index (χ0) is 14.5. The minimum atomic E-state index is -0.366. The highest BCUT2D eigenvalue weighted by Crippen LogP contribution is 2.23. The second kappa shape index (κ2) is 6.57. The molecule has 0 spiro atoms. The van der Waals surface area contributed by atoms with E-state index in [1.807, 2.05) is 18.2 Å². The van der Waals surface area contributed by atoms with Crippen LogP contribution in [0.5, 0.6) is 0 Å². The van der Waals surface area contributed by atoms with Gasteiger partial charge in [-0.25, -0.2) is 4.79 Å². The number of benzene rings is 1. The van der Waals surface area contributed by atoms with E-state index in [0.717, 1.165) is 5.56 Å². The Balaban J connectivity index is 2.29. The first kappa shape index (κ1) is 14.6. The Morgan fingerprint density at radius 1 is 1.35 bits per heavy atom. The van der Waals surface area contributed by atoms with Crippen LogP contribution in [0.15, 0.2) is 35.5 Å². The van der Waals surface area contributed by atoms with E-state index in [-0.39, 0.29) is 11.9 Å². The molecule has 0 fully saturated rings. The fraction of sp³-hybridized carbons (Fsp3) is 0.333. The normalized spacial score (nSPS) is 15.0. The van der Waals surface area contributed by atoms with Gasteiger partial charge in [0.25, 0.3) is 0 Å². The molecule has 106 valence electrons. The standard InChI is InChI=1S/C15H16ClNO3/c1-2-20-15(19)11-7-8-14(18)17-13(11)9-10-5-3-4-6-12(10)16/h3-6H,2,7-9H2,1H3,(H,17,18). The predicted molar refractivity (Wildman–Crippen MR) is 76.2 cm³/mol. The Kier molecular flexibility index (Phi) is 4.79. The molecule has 1 heterocycles. The zero-order valence-corrected chi connectivity index (χ0v) is 12.0. The van der Waals surface area contributed by atoms with Crippen molar-refractivity contribution in [1.29, 1.82) is 0 Å². The Morgan fingerprint density at radius 3 is 2.80 bits per heavy atom. The highest BCUT2D eigenvalue weighted by molar-refractivity contribution is 6.31. The molecule has 0 radical (unpaired) electrons. The molecule has 1 aromatic carbocycles. The zero-order valence-electron chi connectivity index (χ0n) is 11.2. The molecule has 20 heavy (non-hydrogen) atoms. The lowest BCUT2D eigenvalue weighted by Gasteiger charge is -2.20. The fourth-order valence-corrected chi connectivity index (χ4v) is 2.32. The number of allylic oxidation sites excluding steroid dienone is 1. The van der Waals surface area contributed by atoms with E-state index in [9.17, 15) is 9.59 Å². The van der Waals surface area contributed by atoms with Crippen molar-refractivity contribution < 1.29 is 14.3 Å². The first-order valence-electron chi connectivity index (χ1n) is 6.54. The summed E-state index contributed by atoms with van der Waals surface area (Å²) in [5, 5.41) is 3.38. The van der Waals surface area contributed by atoms with Crippen LogP contribution in [-0.4, -0.2) is 18.5 Å². The fourth-order valence-electron chi connectivity index (χ4n) is 2.12. The molecule has 1 aromatic rings. The molecule has 0 unspecified atom stereocenters. The van der Waals surface area contributed by atoms with Crippen LogP contribution >= 0.6 is 11.6 Å². The highest BCUT2D eigenvalue weighted by atomic mass is 35.5. The van der Waals surface area contributed by atoms with Gasteiger partial charge in [0.1, 0.15) is 0 Å². The van der Waals surface area contributed by atoms with E-state index in [1.54, 1.807) is 13.0 Å². The lowest BCUT2D eigenvalue weighted by atomic mass is 9.98. The number of rotatable bonds is 4. The Bertz CT molecular complexity index is 566. The van der Waals surface area contributed by atoms with Crippen molar-refractivity contribution in [3.8, 4) is 0 Å². The smallest absolute Gasteiger partial charge is 0.335 e. The molecule has 0 saturated carbocycles. The van der Waals surface area contributed by atoms with Crippen LogP contribution in [0.2, 0.25) is 5.02 Å². The molecule has 0 aromatic heterocycles. The summed E-state index contributed by atoms with van der Waals surface area (Å²) in [6, 6.07) is 7.37. The van der Waals surface area contributed by atoms with Crippen LogP contribution in [0.3, 0.4) is 0 Å². The molecule has 1 aliphatic heterocycles. The van der Waals surface area contributed by atoms with Gasteiger partial charge in [0.2, 0.25) is 5.91 Å². The molecular formula is C15H16ClNO3. The van der Waals surface area contributed by atoms with Gasteiger partial charge in [-0.05, 0) is 25.0 Å². The second-order valence-corrected chi connectivity index (χ2v) is 4.90. The lowest BCUT2D eigenvalue weighted by Crippen LogP contribution is -2.32. The third-order valence-electron chi connectivity index (χ3n) is 3.10. The van der Waals surface area contributed by atoms with Crippen LogP contribution in [0.1, 0.15) is 25.3 Å². The largest absolute Gasteiger partial charge is 0.463 e. The van der Waals surface area contributed by atoms with Gasteiger partial charge in [0.05, 0.1) is 12.2 Å². The molecule has 1 amide bonds. The molecule has 0 aliphatic carbocycles. The van der Waals surface area contributed by atoms with E-state index < -0.39 is 0 Å². The Morgan fingerprint density at radius 2 is 2.10 bits per heavy atom. The van der Waals surface area contributed by atoms with Crippen LogP contribution in [0.25, 0.3) is 0 Å². The minimum absolute atomic E-state index is 0.0832. The summed E-state index contributed by atoms with van der Waals surface area (Å²) in [5.74, 6) is -0.449. The SMILES string of the molecule is CCOC(=O)C1=C(Cc2ccccc2Cl)NC(=O)CC1. The molecule has 0 bridgehead atoms. The van der Waals surface area contributed by atoms with Crippen LogP contribution in [-0.2, 0) is 20.7 Å². The number of hydrogen-bond donors (Lipinski definition) is 1. The minimum Gasteiger partial charge on any atom is -0.463 e. The average molecular weight is 294 g/mol. The quantitative estimate of drug-likeness (QED) is 0.868. The Hall–Kier alpha value is -1.81. The molecule has 0 atom stereocenters. The number of nitrogens with one attached hydrogen (secondary N) is 1. The summed E-state index contributed by atoms with van der Waals surface area (Å²) in [6.07, 6.45) is 1.13. The Labute approximate surface area is 122 Å². The van der Waals surface area contributed by atoms with Gasteiger partial charge in [-0.2, -0.15) is 0 Å². The number of hydrogen-bond acceptors (Lipinski definition) is 3. The number of esters is 1. The summed E-state index contributed by atoms with van der Waals surface area (Å²) < 4.78 is 5.03. The summed E-state index contributed by atoms with van der Waals surface area (Å²) in [7, 11) is 0. The van der Waals surface area contributed by atoms with Crippen molar-refractivity contribution in [2.45, 2.75) is 26.2 Å². The summed E-state index contributed by atoms with van der Waals surface area (Å²) in [5.41, 5.74) is 1.99. The second-order valence-electron chi connectivity index (χ2n) is 4.49. The van der Waals surface area contributed by atoms with Gasteiger partial charge in [0, 0.05) is 23.6 Å². The van der Waals surface area contributed by atoms with Gasteiger partial charge < -0.3 is 10.1 Å². The van der Waals surface area contributed by atoms with E-state index in [2.05, 4.69) is 5.32 Å². The van der Waals surface area contributed by atoms with Gasteiger partial charge >= 0.3 is 5.97 Å². The van der Waals surface area contributed by atoms with Crippen molar-refractivity contribution in [1.82, 2.24) is 5.32 Å². The molecule has 2 rings (SSSR count). The van der Waals surface area contributed by atoms with Crippen molar-refractivity contribution in [2.24, 2.45) is 0 Å². The third-order valence-corrected chi connectivity index (χ3v) is 3.47. The number of halogens is 1. The highest BCUT2D eigenvalue weighted by Gasteiger charge is 2.24. The maximum absolute atomic E-state index is 11.9. The number of carbonyl (C=O) groups is 2. The first-order chi connectivity index (χ1) is 9.61. The molecule has 1 aliphatic rings. The van der Waals surface area contributed by atoms with E-state index in [0.29, 0.717) is 42.2 Å². The summed E-state index contributed by atoms with van der Waals surface area (Å²) >= 11 is 6.12. The van der Waals surface area contributed by atoms with Crippen molar-refractivity contribution in [2.75, 3.05) is 6.61 Å². The third kappa shape index (κ3) is 3.39. The number of amides is 1. The van der Waals surface area contributed by atoms with Crippen LogP contribution < -0.4 is 5.32 Å². The number of ether oxygens (including phenoxy) is 1. The van der Waals surface area contributed by atoms with Gasteiger partial charge in [0.15, 0.2) is 0 Å². The molecular weight excluding hydrogens is 278 g/mol. The summed E-state index contributed by atoms with van der Waals surface area (Å²) in [6.45, 7) is 2.07. The predicted octanol–water partition coefficient (Wildman–Crippen LogP) is 2.61. The number of carbonyl (C=O) groups excluding carboxylic acids is 2. The summed E-state index contributed by atoms with van der Waals surface area (Å²) in [4.78, 5) is 23.5. The van der Waals surface area contributed by atoms with Crippen molar-refractivity contribution in [3.05, 3.63) is 46.1 Å². The van der Waals surface area contributed by atoms with Crippen LogP contribution in [0.4, 0.5) is 0 Å². The molecule has 5 heteroatoms. The molecule has 1 N–H and O–H groups in total. The van der Waals surface area contributed by atoms with Gasteiger partial charge in [-0.1, -0.05) is 29.8 Å². The monoisotopic (exact) mass is 293 g/mol. The van der Waals surface area contributed by atoms with E-state index in [1.165, 1.54) is 0 Å². The van der Waals surface area contributed by atoms with Crippen molar-refractivity contribution in [3.63, 3.8) is 0 Å². The maximum atomic E-state index is 11.9. The lowest BCUT2D eigenvalue weighted by molar-refractivity contribution is -0.139. The molecule has 0 saturated heterocycles. The van der Waals surface area contributed by atoms with E-state index >= 15 is 0 Å². The topological polar surface area (TPSA) is 55.4 Å². The van der Waals surface area contributed by atoms with Crippen LogP contribution in [0, 0.1) is 0 Å². The average Bonchev–Trinajstić information content (AvgIpc) is 2.42. The van der Waals surface area contributed by atoms with Gasteiger partial charge in [-0.15, -0.1) is 0 Å². The maximum Gasteiger partial charge on any atom is 0.335 e. The molecule has 4 nitrogen and oxygen atoms in total. The first-order valence-corrected chi connectivity index (χ1v) is 6.92. The van der Waals surface area contributed by atoms with E-state index in [4.69, 9.17) is 16.3 Å². The van der Waals surface area contributed by atoms with Crippen molar-refractivity contribution >= 4 is 23.5 Å².